The van der Waals surface area contributed by atoms with Crippen LogP contribution in [0.1, 0.15) is 39.0 Å². The Balaban J connectivity index is 5.42. The van der Waals surface area contributed by atoms with Crippen LogP contribution in [0.25, 0.3) is 0 Å². The lowest BCUT2D eigenvalue weighted by Gasteiger charge is -2.25. The first kappa shape index (κ1) is 37.9. The Morgan fingerprint density at radius 1 is 0.780 bits per heavy atom. The molecule has 0 aromatic carbocycles. The van der Waals surface area contributed by atoms with Gasteiger partial charge in [0, 0.05) is 5.75 Å². The Morgan fingerprint density at radius 2 is 1.34 bits per heavy atom. The number of rotatable bonds is 21. The van der Waals surface area contributed by atoms with E-state index in [1.807, 2.05) is 0 Å². The standard InChI is InChI=1S/C23H42N8O8S2/c1-12(27-21(36)15(9-17(26)32)28-18(33)10-25)19(34)29-13(6-8-41-2)20(35)31-16(11-40)22(37)30-14(23(38)39)5-3-4-7-24/h12-16,40H,3-11,24-25H2,1-2H3,(H2,26,32)(H,27,36)(H,28,33)(H,29,34)(H,30,37)(H,31,35)(H,38,39)/t12-,13-,14-,15-,16-/m0/s1. The zero-order valence-electron chi connectivity index (χ0n) is 23.1. The highest BCUT2D eigenvalue weighted by Crippen LogP contribution is 2.05. The van der Waals surface area contributed by atoms with Crippen molar-refractivity contribution >= 4 is 65.8 Å². The maximum Gasteiger partial charge on any atom is 0.326 e. The number of nitrogens with one attached hydrogen (secondary N) is 5. The molecular weight excluding hydrogens is 580 g/mol. The number of amides is 6. The quantitative estimate of drug-likeness (QED) is 0.0437. The van der Waals surface area contributed by atoms with Crippen molar-refractivity contribution in [2.75, 3.05) is 30.9 Å². The van der Waals surface area contributed by atoms with Crippen LogP contribution in [0.3, 0.4) is 0 Å². The molecule has 0 fully saturated rings. The molecule has 0 rings (SSSR count). The molecular formula is C23H42N8O8S2. The van der Waals surface area contributed by atoms with Gasteiger partial charge < -0.3 is 48.9 Å². The molecule has 0 saturated heterocycles. The van der Waals surface area contributed by atoms with Crippen molar-refractivity contribution in [1.82, 2.24) is 26.6 Å². The van der Waals surface area contributed by atoms with E-state index in [4.69, 9.17) is 17.2 Å². The van der Waals surface area contributed by atoms with Gasteiger partial charge in [0.05, 0.1) is 13.0 Å². The SMILES string of the molecule is CSCC[C@H](NC(=O)[C@H](C)NC(=O)[C@H](CC(N)=O)NC(=O)CN)C(=O)N[C@@H](CS)C(=O)N[C@@H](CCCCN)C(=O)O. The highest BCUT2D eigenvalue weighted by molar-refractivity contribution is 7.98. The zero-order valence-corrected chi connectivity index (χ0v) is 24.9. The van der Waals surface area contributed by atoms with E-state index in [0.29, 0.717) is 25.1 Å². The van der Waals surface area contributed by atoms with Gasteiger partial charge in [0.15, 0.2) is 0 Å². The Kier molecular flexibility index (Phi) is 19.2. The highest BCUT2D eigenvalue weighted by atomic mass is 32.2. The van der Waals surface area contributed by atoms with Crippen molar-refractivity contribution in [3.63, 3.8) is 0 Å². The molecule has 5 atom stereocenters. The molecule has 0 heterocycles. The molecule has 0 aliphatic carbocycles. The summed E-state index contributed by atoms with van der Waals surface area (Å²) in [5.74, 6) is -5.65. The van der Waals surface area contributed by atoms with Crippen LogP contribution >= 0.6 is 24.4 Å². The second kappa shape index (κ2) is 20.7. The second-order valence-corrected chi connectivity index (χ2v) is 10.3. The minimum absolute atomic E-state index is 0.151. The number of carbonyl (C=O) groups excluding carboxylic acids is 6. The van der Waals surface area contributed by atoms with Gasteiger partial charge in [-0.1, -0.05) is 0 Å². The molecule has 0 aromatic rings. The number of nitrogens with two attached hydrogens (primary N) is 3. The molecule has 16 nitrogen and oxygen atoms in total. The summed E-state index contributed by atoms with van der Waals surface area (Å²) in [5.41, 5.74) is 15.8. The second-order valence-electron chi connectivity index (χ2n) is 9.00. The molecule has 0 unspecified atom stereocenters. The number of aliphatic carboxylic acids is 1. The third-order valence-corrected chi connectivity index (χ3v) is 6.62. The van der Waals surface area contributed by atoms with E-state index < -0.39 is 84.6 Å². The topological polar surface area (TPSA) is 278 Å². The molecule has 12 N–H and O–H groups in total. The first-order chi connectivity index (χ1) is 19.3. The van der Waals surface area contributed by atoms with Crippen LogP contribution in [0.4, 0.5) is 0 Å². The number of thiol groups is 1. The number of carbonyl (C=O) groups is 7. The average Bonchev–Trinajstić information content (AvgIpc) is 2.91. The summed E-state index contributed by atoms with van der Waals surface area (Å²) in [7, 11) is 0. The van der Waals surface area contributed by atoms with Gasteiger partial charge in [-0.15, -0.1) is 0 Å². The lowest BCUT2D eigenvalue weighted by atomic mass is 10.1. The van der Waals surface area contributed by atoms with Gasteiger partial charge in [0.1, 0.15) is 30.2 Å². The normalized spacial score (nSPS) is 14.4. The number of unbranched alkanes of at least 4 members (excludes halogenated alkanes) is 1. The third-order valence-electron chi connectivity index (χ3n) is 5.62. The fraction of sp³-hybridized carbons (Fsp3) is 0.696. The summed E-state index contributed by atoms with van der Waals surface area (Å²) in [6.07, 6.45) is 2.62. The van der Waals surface area contributed by atoms with Crippen LogP contribution in [0.2, 0.25) is 0 Å². The predicted molar refractivity (Wildman–Crippen MR) is 156 cm³/mol. The van der Waals surface area contributed by atoms with Crippen molar-refractivity contribution in [2.45, 2.75) is 69.2 Å². The smallest absolute Gasteiger partial charge is 0.326 e. The Bertz CT molecular complexity index is 926. The molecule has 18 heteroatoms. The number of hydrogen-bond donors (Lipinski definition) is 10. The molecule has 0 aliphatic heterocycles. The Hall–Kier alpha value is -3.09. The van der Waals surface area contributed by atoms with E-state index in [2.05, 4.69) is 39.2 Å². The molecule has 234 valence electrons. The summed E-state index contributed by atoms with van der Waals surface area (Å²) in [6.45, 7) is 1.25. The Morgan fingerprint density at radius 3 is 1.85 bits per heavy atom. The molecule has 0 spiro atoms. The molecule has 0 bridgehead atoms. The molecule has 0 aromatic heterocycles. The van der Waals surface area contributed by atoms with E-state index in [9.17, 15) is 38.7 Å². The fourth-order valence-electron chi connectivity index (χ4n) is 3.33. The van der Waals surface area contributed by atoms with Crippen molar-refractivity contribution in [3.8, 4) is 0 Å². The molecule has 6 amide bonds. The number of thioether (sulfide) groups is 1. The van der Waals surface area contributed by atoms with Crippen LogP contribution in [0.5, 0.6) is 0 Å². The summed E-state index contributed by atoms with van der Waals surface area (Å²) < 4.78 is 0. The van der Waals surface area contributed by atoms with Gasteiger partial charge in [-0.25, -0.2) is 4.79 Å². The zero-order chi connectivity index (χ0) is 31.5. The maximum absolute atomic E-state index is 13.0. The van der Waals surface area contributed by atoms with Crippen molar-refractivity contribution in [3.05, 3.63) is 0 Å². The maximum atomic E-state index is 13.0. The van der Waals surface area contributed by atoms with Crippen molar-refractivity contribution in [1.29, 1.82) is 0 Å². The van der Waals surface area contributed by atoms with Gasteiger partial charge in [-0.05, 0) is 51.2 Å². The number of carboxylic acid groups (broad SMARTS) is 1. The first-order valence-corrected chi connectivity index (χ1v) is 14.9. The molecule has 0 saturated carbocycles. The minimum atomic E-state index is -1.37. The van der Waals surface area contributed by atoms with E-state index in [-0.39, 0.29) is 18.6 Å². The van der Waals surface area contributed by atoms with Crippen molar-refractivity contribution < 1.29 is 38.7 Å². The molecule has 0 radical (unpaired) electrons. The van der Waals surface area contributed by atoms with Gasteiger partial charge in [0.25, 0.3) is 0 Å². The van der Waals surface area contributed by atoms with E-state index >= 15 is 0 Å². The summed E-state index contributed by atoms with van der Waals surface area (Å²) in [4.78, 5) is 85.6. The number of carboxylic acids is 1. The number of primary amides is 1. The molecule has 0 aliphatic rings. The van der Waals surface area contributed by atoms with Gasteiger partial charge in [-0.3, -0.25) is 28.8 Å². The lowest BCUT2D eigenvalue weighted by Crippen LogP contribution is -2.59. The van der Waals surface area contributed by atoms with Crippen LogP contribution in [0, 0.1) is 0 Å². The van der Waals surface area contributed by atoms with Crippen LogP contribution < -0.4 is 43.8 Å². The monoisotopic (exact) mass is 622 g/mol. The summed E-state index contributed by atoms with van der Waals surface area (Å²) in [6, 6.07) is -6.07. The largest absolute Gasteiger partial charge is 0.480 e. The fourth-order valence-corrected chi connectivity index (χ4v) is 4.06. The predicted octanol–water partition coefficient (Wildman–Crippen LogP) is -3.84. The minimum Gasteiger partial charge on any atom is -0.480 e. The van der Waals surface area contributed by atoms with Gasteiger partial charge in [-0.2, -0.15) is 24.4 Å². The summed E-state index contributed by atoms with van der Waals surface area (Å²) in [5, 5.41) is 21.4. The third kappa shape index (κ3) is 15.5. The van der Waals surface area contributed by atoms with E-state index in [1.165, 1.54) is 18.7 Å². The average molecular weight is 623 g/mol. The van der Waals surface area contributed by atoms with Crippen LogP contribution in [-0.2, 0) is 33.6 Å². The van der Waals surface area contributed by atoms with Crippen LogP contribution in [-0.4, -0.2) is 108 Å². The van der Waals surface area contributed by atoms with E-state index in [1.54, 1.807) is 6.26 Å². The number of hydrogen-bond acceptors (Lipinski definition) is 11. The van der Waals surface area contributed by atoms with Gasteiger partial charge >= 0.3 is 5.97 Å². The lowest BCUT2D eigenvalue weighted by molar-refractivity contribution is -0.142. The van der Waals surface area contributed by atoms with Crippen molar-refractivity contribution in [2.24, 2.45) is 17.2 Å². The van der Waals surface area contributed by atoms with Gasteiger partial charge in [0.2, 0.25) is 35.4 Å². The first-order valence-electron chi connectivity index (χ1n) is 12.8. The van der Waals surface area contributed by atoms with E-state index in [0.717, 1.165) is 0 Å². The van der Waals surface area contributed by atoms with Crippen LogP contribution in [0.15, 0.2) is 0 Å². The molecule has 41 heavy (non-hydrogen) atoms. The Labute approximate surface area is 248 Å². The highest BCUT2D eigenvalue weighted by Gasteiger charge is 2.31. The summed E-state index contributed by atoms with van der Waals surface area (Å²) >= 11 is 5.49.